The molecule has 7 rings (SSSR count). The third kappa shape index (κ3) is 3.50. The van der Waals surface area contributed by atoms with Crippen LogP contribution in [0.4, 0.5) is 5.82 Å². The van der Waals surface area contributed by atoms with Crippen molar-refractivity contribution in [1.29, 1.82) is 0 Å². The van der Waals surface area contributed by atoms with Gasteiger partial charge < -0.3 is 10.2 Å². The number of hydrogen-bond acceptors (Lipinski definition) is 6. The Hall–Kier alpha value is -3.81. The number of anilines is 1. The van der Waals surface area contributed by atoms with E-state index in [4.69, 9.17) is 4.98 Å². The standard InChI is InChI=1S/C26H27N7O/c1-16-7-9-22(33-28-11-12-29-33)25(30-16)26(34)32-20-13-19(14-20)17(2)23(32)15-27-24-10-8-18-5-3-4-6-21(18)31-24/h3-12,17,19-20,23H,13-15H2,1-2H3,(H,27,31)/t17-,19?,20?,23-/m1/s1. The van der Waals surface area contributed by atoms with Crippen LogP contribution >= 0.6 is 0 Å². The molecule has 4 aromatic rings. The summed E-state index contributed by atoms with van der Waals surface area (Å²) in [6, 6.07) is 16.2. The van der Waals surface area contributed by atoms with Gasteiger partial charge in [0.1, 0.15) is 11.5 Å². The molecule has 172 valence electrons. The van der Waals surface area contributed by atoms with E-state index < -0.39 is 0 Å². The number of aromatic nitrogens is 5. The number of hydrogen-bond donors (Lipinski definition) is 1. The topological polar surface area (TPSA) is 88.8 Å². The van der Waals surface area contributed by atoms with Crippen molar-refractivity contribution >= 4 is 22.6 Å². The molecule has 8 heteroatoms. The number of amides is 1. The maximum atomic E-state index is 14.0. The number of fused-ring (bicyclic) bond motifs is 3. The molecular weight excluding hydrogens is 426 g/mol. The van der Waals surface area contributed by atoms with E-state index in [0.717, 1.165) is 35.3 Å². The number of piperidine rings is 2. The summed E-state index contributed by atoms with van der Waals surface area (Å²) in [7, 11) is 0. The molecular formula is C26H27N7O. The van der Waals surface area contributed by atoms with E-state index >= 15 is 0 Å². The molecule has 5 heterocycles. The Morgan fingerprint density at radius 1 is 1.03 bits per heavy atom. The highest BCUT2D eigenvalue weighted by atomic mass is 16.2. The first-order valence-corrected chi connectivity index (χ1v) is 11.8. The first-order valence-electron chi connectivity index (χ1n) is 11.8. The zero-order valence-corrected chi connectivity index (χ0v) is 19.3. The van der Waals surface area contributed by atoms with E-state index in [9.17, 15) is 4.79 Å². The van der Waals surface area contributed by atoms with E-state index in [2.05, 4.69) is 44.5 Å². The van der Waals surface area contributed by atoms with Gasteiger partial charge in [-0.05, 0) is 61.9 Å². The molecule has 8 nitrogen and oxygen atoms in total. The largest absolute Gasteiger partial charge is 0.368 e. The Morgan fingerprint density at radius 2 is 1.82 bits per heavy atom. The van der Waals surface area contributed by atoms with E-state index in [1.54, 1.807) is 12.4 Å². The molecule has 1 saturated carbocycles. The Labute approximate surface area is 198 Å². The summed E-state index contributed by atoms with van der Waals surface area (Å²) in [4.78, 5) is 26.9. The lowest BCUT2D eigenvalue weighted by atomic mass is 9.64. The second kappa shape index (κ2) is 8.20. The van der Waals surface area contributed by atoms with Gasteiger partial charge >= 0.3 is 0 Å². The SMILES string of the molecule is Cc1ccc(-n2nccn2)c(C(=O)N2C3CC(C3)[C@@H](C)[C@H]2CNc2ccc3ccccc3n2)n1. The lowest BCUT2D eigenvalue weighted by Gasteiger charge is -2.57. The fourth-order valence-electron chi connectivity index (χ4n) is 5.43. The Balaban J connectivity index is 1.30. The van der Waals surface area contributed by atoms with Gasteiger partial charge in [-0.15, -0.1) is 4.80 Å². The maximum Gasteiger partial charge on any atom is 0.275 e. The molecule has 1 N–H and O–H groups in total. The zero-order valence-electron chi connectivity index (χ0n) is 19.3. The number of rotatable bonds is 5. The van der Waals surface area contributed by atoms with Gasteiger partial charge in [0.25, 0.3) is 5.91 Å². The molecule has 2 atom stereocenters. The van der Waals surface area contributed by atoms with Crippen LogP contribution in [-0.2, 0) is 0 Å². The summed E-state index contributed by atoms with van der Waals surface area (Å²) in [5.41, 5.74) is 2.77. The second-order valence-corrected chi connectivity index (χ2v) is 9.43. The molecule has 3 aliphatic rings. The summed E-state index contributed by atoms with van der Waals surface area (Å²) in [5.74, 6) is 1.82. The molecule has 3 fully saturated rings. The first kappa shape index (κ1) is 20.8. The molecule has 1 amide bonds. The number of nitrogens with one attached hydrogen (secondary N) is 1. The number of carbonyl (C=O) groups excluding carboxylic acids is 1. The van der Waals surface area contributed by atoms with Gasteiger partial charge in [0.2, 0.25) is 0 Å². The third-order valence-electron chi connectivity index (χ3n) is 7.43. The van der Waals surface area contributed by atoms with Crippen molar-refractivity contribution in [2.75, 3.05) is 11.9 Å². The van der Waals surface area contributed by atoms with Crippen LogP contribution in [0.2, 0.25) is 0 Å². The van der Waals surface area contributed by atoms with Crippen LogP contribution in [0.5, 0.6) is 0 Å². The van der Waals surface area contributed by atoms with Crippen LogP contribution in [0.3, 0.4) is 0 Å². The molecule has 34 heavy (non-hydrogen) atoms. The van der Waals surface area contributed by atoms with Gasteiger partial charge in [0.05, 0.1) is 24.0 Å². The Morgan fingerprint density at radius 3 is 2.65 bits per heavy atom. The number of benzene rings is 1. The number of pyridine rings is 2. The molecule has 3 aromatic heterocycles. The van der Waals surface area contributed by atoms with Crippen molar-refractivity contribution < 1.29 is 4.79 Å². The Bertz CT molecular complexity index is 1350. The number of aryl methyl sites for hydroxylation is 1. The first-order chi connectivity index (χ1) is 16.6. The van der Waals surface area contributed by atoms with Crippen molar-refractivity contribution in [2.24, 2.45) is 11.8 Å². The zero-order chi connectivity index (χ0) is 23.2. The minimum Gasteiger partial charge on any atom is -0.368 e. The summed E-state index contributed by atoms with van der Waals surface area (Å²) >= 11 is 0. The fourth-order valence-corrected chi connectivity index (χ4v) is 5.43. The van der Waals surface area contributed by atoms with Gasteiger partial charge in [0.15, 0.2) is 5.69 Å². The van der Waals surface area contributed by atoms with E-state index in [-0.39, 0.29) is 18.0 Å². The van der Waals surface area contributed by atoms with Gasteiger partial charge in [-0.1, -0.05) is 25.1 Å². The molecule has 2 bridgehead atoms. The fraction of sp³-hybridized carbons (Fsp3) is 0.346. The normalized spacial score (nSPS) is 23.5. The predicted molar refractivity (Wildman–Crippen MR) is 130 cm³/mol. The summed E-state index contributed by atoms with van der Waals surface area (Å²) < 4.78 is 0. The average molecular weight is 454 g/mol. The molecule has 2 saturated heterocycles. The summed E-state index contributed by atoms with van der Waals surface area (Å²) in [6.07, 6.45) is 5.32. The highest BCUT2D eigenvalue weighted by Gasteiger charge is 2.51. The molecule has 0 unspecified atom stereocenters. The third-order valence-corrected chi connectivity index (χ3v) is 7.43. The van der Waals surface area contributed by atoms with E-state index in [1.165, 1.54) is 4.80 Å². The van der Waals surface area contributed by atoms with Crippen molar-refractivity contribution in [1.82, 2.24) is 29.9 Å². The van der Waals surface area contributed by atoms with E-state index in [1.807, 2.05) is 43.3 Å². The summed E-state index contributed by atoms with van der Waals surface area (Å²) in [6.45, 7) is 4.81. The lowest BCUT2D eigenvalue weighted by molar-refractivity contribution is -0.0505. The minimum atomic E-state index is -0.0516. The molecule has 1 aromatic carbocycles. The van der Waals surface area contributed by atoms with Crippen LogP contribution in [0.25, 0.3) is 16.6 Å². The smallest absolute Gasteiger partial charge is 0.275 e. The van der Waals surface area contributed by atoms with Gasteiger partial charge in [-0.25, -0.2) is 9.97 Å². The van der Waals surface area contributed by atoms with Crippen LogP contribution in [-0.4, -0.2) is 54.4 Å². The highest BCUT2D eigenvalue weighted by molar-refractivity contribution is 5.96. The quantitative estimate of drug-likeness (QED) is 0.494. The number of nitrogens with zero attached hydrogens (tertiary/aromatic N) is 6. The minimum absolute atomic E-state index is 0.0516. The van der Waals surface area contributed by atoms with Crippen LogP contribution < -0.4 is 5.32 Å². The van der Waals surface area contributed by atoms with Gasteiger partial charge in [-0.2, -0.15) is 10.2 Å². The van der Waals surface area contributed by atoms with Crippen molar-refractivity contribution in [3.8, 4) is 5.69 Å². The van der Waals surface area contributed by atoms with Gasteiger partial charge in [0, 0.05) is 23.7 Å². The number of carbonyl (C=O) groups is 1. The van der Waals surface area contributed by atoms with Crippen molar-refractivity contribution in [3.05, 3.63) is 72.3 Å². The molecule has 0 spiro atoms. The van der Waals surface area contributed by atoms with E-state index in [0.29, 0.717) is 29.8 Å². The molecule has 1 aliphatic carbocycles. The highest BCUT2D eigenvalue weighted by Crippen LogP contribution is 2.47. The van der Waals surface area contributed by atoms with Crippen LogP contribution in [0.15, 0.2) is 60.9 Å². The second-order valence-electron chi connectivity index (χ2n) is 9.43. The Kier molecular flexibility index (Phi) is 5.01. The summed E-state index contributed by atoms with van der Waals surface area (Å²) in [5, 5.41) is 13.1. The average Bonchev–Trinajstić information content (AvgIpc) is 3.36. The molecule has 0 radical (unpaired) electrons. The van der Waals surface area contributed by atoms with Crippen LogP contribution in [0, 0.1) is 18.8 Å². The predicted octanol–water partition coefficient (Wildman–Crippen LogP) is 3.87. The number of para-hydroxylation sites is 1. The molecule has 2 aliphatic heterocycles. The van der Waals surface area contributed by atoms with Crippen LogP contribution in [0.1, 0.15) is 35.9 Å². The lowest BCUT2D eigenvalue weighted by Crippen LogP contribution is -2.64. The van der Waals surface area contributed by atoms with Crippen molar-refractivity contribution in [2.45, 2.75) is 38.8 Å². The van der Waals surface area contributed by atoms with Gasteiger partial charge in [-0.3, -0.25) is 4.79 Å². The van der Waals surface area contributed by atoms with Crippen molar-refractivity contribution in [3.63, 3.8) is 0 Å². The maximum absolute atomic E-state index is 14.0. The monoisotopic (exact) mass is 453 g/mol.